The summed E-state index contributed by atoms with van der Waals surface area (Å²) in [6.07, 6.45) is 0. The van der Waals surface area contributed by atoms with Crippen LogP contribution in [-0.2, 0) is 4.79 Å². The third-order valence-electron chi connectivity index (χ3n) is 3.59. The van der Waals surface area contributed by atoms with E-state index in [4.69, 9.17) is 0 Å². The van der Waals surface area contributed by atoms with Crippen LogP contribution in [0.25, 0.3) is 0 Å². The standard InChI is InChI=1S/C18H16F2N2O/c1-11(2)10-22-16-6-4-3-5-13(16)17(18(22)23)21-12-7-8-14(19)15(20)9-12/h3-9,11H,10H2,1-2H3. The maximum absolute atomic E-state index is 13.4. The summed E-state index contributed by atoms with van der Waals surface area (Å²) in [5.41, 5.74) is 1.98. The Kier molecular flexibility index (Phi) is 3.94. The Hall–Kier alpha value is -2.56. The van der Waals surface area contributed by atoms with E-state index in [1.807, 2.05) is 38.1 Å². The van der Waals surface area contributed by atoms with Crippen LogP contribution < -0.4 is 4.90 Å². The molecule has 0 saturated heterocycles. The Bertz CT molecular complexity index is 799. The average Bonchev–Trinajstić information content (AvgIpc) is 2.76. The van der Waals surface area contributed by atoms with E-state index in [0.29, 0.717) is 18.0 Å². The van der Waals surface area contributed by atoms with Gasteiger partial charge in [-0.15, -0.1) is 0 Å². The van der Waals surface area contributed by atoms with E-state index >= 15 is 0 Å². The summed E-state index contributed by atoms with van der Waals surface area (Å²) in [5.74, 6) is -1.84. The van der Waals surface area contributed by atoms with Crippen LogP contribution in [0.5, 0.6) is 0 Å². The maximum atomic E-state index is 13.4. The number of aliphatic imine (C=N–C) groups is 1. The van der Waals surface area contributed by atoms with Crippen LogP contribution in [0.1, 0.15) is 19.4 Å². The van der Waals surface area contributed by atoms with Gasteiger partial charge in [0.1, 0.15) is 5.71 Å². The summed E-state index contributed by atoms with van der Waals surface area (Å²) >= 11 is 0. The molecule has 0 saturated carbocycles. The molecule has 0 aliphatic carbocycles. The highest BCUT2D eigenvalue weighted by Crippen LogP contribution is 2.31. The molecule has 1 aliphatic heterocycles. The Morgan fingerprint density at radius 2 is 1.83 bits per heavy atom. The average molecular weight is 314 g/mol. The van der Waals surface area contributed by atoms with Gasteiger partial charge in [0, 0.05) is 18.2 Å². The molecule has 1 heterocycles. The predicted molar refractivity (Wildman–Crippen MR) is 86.2 cm³/mol. The summed E-state index contributed by atoms with van der Waals surface area (Å²) in [5, 5.41) is 0. The number of hydrogen-bond acceptors (Lipinski definition) is 2. The van der Waals surface area contributed by atoms with Gasteiger partial charge in [0.05, 0.1) is 11.4 Å². The lowest BCUT2D eigenvalue weighted by Crippen LogP contribution is -2.33. The van der Waals surface area contributed by atoms with Crippen molar-refractivity contribution in [3.8, 4) is 0 Å². The van der Waals surface area contributed by atoms with Crippen LogP contribution in [0.2, 0.25) is 0 Å². The van der Waals surface area contributed by atoms with Gasteiger partial charge in [-0.05, 0) is 24.1 Å². The minimum absolute atomic E-state index is 0.216. The van der Waals surface area contributed by atoms with E-state index in [2.05, 4.69) is 4.99 Å². The highest BCUT2D eigenvalue weighted by Gasteiger charge is 2.33. The van der Waals surface area contributed by atoms with Crippen LogP contribution in [0.4, 0.5) is 20.2 Å². The molecule has 23 heavy (non-hydrogen) atoms. The molecule has 0 spiro atoms. The monoisotopic (exact) mass is 314 g/mol. The maximum Gasteiger partial charge on any atom is 0.277 e. The number of nitrogens with zero attached hydrogens (tertiary/aromatic N) is 2. The van der Waals surface area contributed by atoms with Gasteiger partial charge in [0.25, 0.3) is 5.91 Å². The zero-order valence-electron chi connectivity index (χ0n) is 12.9. The summed E-state index contributed by atoms with van der Waals surface area (Å²) < 4.78 is 26.4. The number of anilines is 1. The Morgan fingerprint density at radius 3 is 2.52 bits per heavy atom. The van der Waals surface area contributed by atoms with Crippen LogP contribution in [0, 0.1) is 17.6 Å². The largest absolute Gasteiger partial charge is 0.306 e. The number of para-hydroxylation sites is 1. The molecule has 1 aliphatic rings. The highest BCUT2D eigenvalue weighted by atomic mass is 19.2. The lowest BCUT2D eigenvalue weighted by Gasteiger charge is -2.18. The SMILES string of the molecule is CC(C)CN1C(=O)C(=Nc2ccc(F)c(F)c2)c2ccccc21. The van der Waals surface area contributed by atoms with Gasteiger partial charge in [-0.25, -0.2) is 13.8 Å². The van der Waals surface area contributed by atoms with Crippen molar-refractivity contribution in [2.24, 2.45) is 10.9 Å². The van der Waals surface area contributed by atoms with Crippen molar-refractivity contribution in [3.63, 3.8) is 0 Å². The number of carbonyl (C=O) groups excluding carboxylic acids is 1. The molecule has 0 N–H and O–H groups in total. The summed E-state index contributed by atoms with van der Waals surface area (Å²) in [4.78, 5) is 18.6. The molecule has 0 aromatic heterocycles. The normalized spacial score (nSPS) is 15.6. The van der Waals surface area contributed by atoms with Crippen LogP contribution >= 0.6 is 0 Å². The number of halogens is 2. The Labute approximate surface area is 133 Å². The van der Waals surface area contributed by atoms with Crippen molar-refractivity contribution in [2.75, 3.05) is 11.4 Å². The van der Waals surface area contributed by atoms with E-state index in [1.54, 1.807) is 4.90 Å². The molecule has 3 rings (SSSR count). The second-order valence-corrected chi connectivity index (χ2v) is 5.89. The molecular formula is C18H16F2N2O. The van der Waals surface area contributed by atoms with Gasteiger partial charge in [0.2, 0.25) is 0 Å². The first-order chi connectivity index (χ1) is 11.0. The van der Waals surface area contributed by atoms with E-state index in [9.17, 15) is 13.6 Å². The molecule has 0 fully saturated rings. The van der Waals surface area contributed by atoms with Gasteiger partial charge in [-0.2, -0.15) is 0 Å². The zero-order chi connectivity index (χ0) is 16.6. The highest BCUT2D eigenvalue weighted by molar-refractivity contribution is 6.54. The third kappa shape index (κ3) is 2.86. The van der Waals surface area contributed by atoms with Crippen LogP contribution in [0.15, 0.2) is 47.5 Å². The van der Waals surface area contributed by atoms with E-state index < -0.39 is 11.6 Å². The van der Waals surface area contributed by atoms with Crippen molar-refractivity contribution in [1.29, 1.82) is 0 Å². The lowest BCUT2D eigenvalue weighted by molar-refractivity contribution is -0.112. The minimum Gasteiger partial charge on any atom is -0.306 e. The smallest absolute Gasteiger partial charge is 0.277 e. The van der Waals surface area contributed by atoms with Crippen molar-refractivity contribution in [3.05, 3.63) is 59.7 Å². The summed E-state index contributed by atoms with van der Waals surface area (Å²) in [7, 11) is 0. The Balaban J connectivity index is 2.07. The fourth-order valence-electron chi connectivity index (χ4n) is 2.60. The molecule has 0 radical (unpaired) electrons. The molecule has 3 nitrogen and oxygen atoms in total. The fourth-order valence-corrected chi connectivity index (χ4v) is 2.60. The van der Waals surface area contributed by atoms with Crippen molar-refractivity contribution >= 4 is 23.0 Å². The quantitative estimate of drug-likeness (QED) is 0.840. The molecule has 1 amide bonds. The number of benzene rings is 2. The topological polar surface area (TPSA) is 32.7 Å². The first-order valence-electron chi connectivity index (χ1n) is 7.42. The molecule has 0 atom stereocenters. The van der Waals surface area contributed by atoms with Crippen LogP contribution in [0.3, 0.4) is 0 Å². The lowest BCUT2D eigenvalue weighted by atomic mass is 10.1. The van der Waals surface area contributed by atoms with E-state index in [1.165, 1.54) is 6.07 Å². The Morgan fingerprint density at radius 1 is 1.09 bits per heavy atom. The second-order valence-electron chi connectivity index (χ2n) is 5.89. The predicted octanol–water partition coefficient (Wildman–Crippen LogP) is 4.09. The van der Waals surface area contributed by atoms with E-state index in [-0.39, 0.29) is 17.3 Å². The molecule has 2 aromatic carbocycles. The summed E-state index contributed by atoms with van der Waals surface area (Å²) in [6, 6.07) is 10.7. The molecule has 0 bridgehead atoms. The van der Waals surface area contributed by atoms with Crippen LogP contribution in [-0.4, -0.2) is 18.2 Å². The van der Waals surface area contributed by atoms with Gasteiger partial charge >= 0.3 is 0 Å². The number of fused-ring (bicyclic) bond motifs is 1. The first kappa shape index (κ1) is 15.3. The molecule has 118 valence electrons. The van der Waals surface area contributed by atoms with Gasteiger partial charge < -0.3 is 4.90 Å². The zero-order valence-corrected chi connectivity index (χ0v) is 12.9. The molecule has 5 heteroatoms. The molecule has 2 aromatic rings. The second kappa shape index (κ2) is 5.91. The third-order valence-corrected chi connectivity index (χ3v) is 3.59. The van der Waals surface area contributed by atoms with Crippen molar-refractivity contribution in [2.45, 2.75) is 13.8 Å². The summed E-state index contributed by atoms with van der Waals surface area (Å²) in [6.45, 7) is 4.63. The number of carbonyl (C=O) groups is 1. The van der Waals surface area contributed by atoms with Gasteiger partial charge in [-0.1, -0.05) is 32.0 Å². The van der Waals surface area contributed by atoms with Gasteiger partial charge in [-0.3, -0.25) is 4.79 Å². The fraction of sp³-hybridized carbons (Fsp3) is 0.222. The number of amides is 1. The number of rotatable bonds is 3. The molecular weight excluding hydrogens is 298 g/mol. The van der Waals surface area contributed by atoms with Crippen molar-refractivity contribution in [1.82, 2.24) is 0 Å². The number of hydrogen-bond donors (Lipinski definition) is 0. The van der Waals surface area contributed by atoms with E-state index in [0.717, 1.165) is 17.8 Å². The van der Waals surface area contributed by atoms with Crippen molar-refractivity contribution < 1.29 is 13.6 Å². The minimum atomic E-state index is -0.982. The molecule has 0 unspecified atom stereocenters. The van der Waals surface area contributed by atoms with Gasteiger partial charge in [0.15, 0.2) is 11.6 Å². The first-order valence-corrected chi connectivity index (χ1v) is 7.42.